The number of aryl methyl sites for hydroxylation is 2. The summed E-state index contributed by atoms with van der Waals surface area (Å²) in [7, 11) is 0. The number of hydrogen-bond donors (Lipinski definition) is 3. The molecule has 0 bridgehead atoms. The third-order valence-corrected chi connectivity index (χ3v) is 4.15. The predicted octanol–water partition coefficient (Wildman–Crippen LogP) is 1.26. The predicted molar refractivity (Wildman–Crippen MR) is 82.6 cm³/mol. The van der Waals surface area contributed by atoms with Crippen molar-refractivity contribution in [2.75, 3.05) is 6.54 Å². The molecular weight excluding hydrogens is 280 g/mol. The number of H-pyrrole nitrogens is 2. The van der Waals surface area contributed by atoms with E-state index in [9.17, 15) is 9.59 Å². The molecule has 2 atom stereocenters. The zero-order valence-electron chi connectivity index (χ0n) is 12.6. The van der Waals surface area contributed by atoms with Gasteiger partial charge in [0.2, 0.25) is 5.91 Å². The summed E-state index contributed by atoms with van der Waals surface area (Å²) in [5, 5.41) is 9.13. The fourth-order valence-corrected chi connectivity index (χ4v) is 2.85. The summed E-state index contributed by atoms with van der Waals surface area (Å²) >= 11 is 0. The van der Waals surface area contributed by atoms with Gasteiger partial charge in [-0.1, -0.05) is 24.3 Å². The van der Waals surface area contributed by atoms with E-state index in [0.29, 0.717) is 24.7 Å². The Morgan fingerprint density at radius 2 is 2.23 bits per heavy atom. The minimum Gasteiger partial charge on any atom is -0.356 e. The lowest BCUT2D eigenvalue weighted by molar-refractivity contribution is -0.122. The molecule has 1 aromatic carbocycles. The first-order valence-corrected chi connectivity index (χ1v) is 7.62. The van der Waals surface area contributed by atoms with Gasteiger partial charge in [-0.3, -0.25) is 9.78 Å². The molecule has 1 fully saturated rings. The van der Waals surface area contributed by atoms with Gasteiger partial charge < -0.3 is 5.32 Å². The number of aromatic nitrogens is 3. The summed E-state index contributed by atoms with van der Waals surface area (Å²) < 4.78 is 0. The van der Waals surface area contributed by atoms with Crippen LogP contribution in [0.2, 0.25) is 0 Å². The minimum atomic E-state index is -0.293. The topological polar surface area (TPSA) is 90.6 Å². The Morgan fingerprint density at radius 3 is 2.95 bits per heavy atom. The fraction of sp³-hybridized carbons (Fsp3) is 0.438. The lowest BCUT2D eigenvalue weighted by Gasteiger charge is -2.06. The Morgan fingerprint density at radius 1 is 1.41 bits per heavy atom. The number of nitrogens with one attached hydrogen (secondary N) is 3. The van der Waals surface area contributed by atoms with E-state index < -0.39 is 0 Å². The zero-order chi connectivity index (χ0) is 15.5. The maximum absolute atomic E-state index is 12.1. The van der Waals surface area contributed by atoms with Crippen molar-refractivity contribution < 1.29 is 4.79 Å². The van der Waals surface area contributed by atoms with E-state index in [2.05, 4.69) is 39.6 Å². The van der Waals surface area contributed by atoms with Crippen LogP contribution < -0.4 is 11.0 Å². The molecule has 22 heavy (non-hydrogen) atoms. The third-order valence-electron chi connectivity index (χ3n) is 4.15. The number of rotatable bonds is 6. The van der Waals surface area contributed by atoms with Crippen LogP contribution in [0.5, 0.6) is 0 Å². The van der Waals surface area contributed by atoms with Gasteiger partial charge in [0, 0.05) is 18.9 Å². The van der Waals surface area contributed by atoms with Crippen LogP contribution in [0, 0.1) is 12.8 Å². The first-order valence-electron chi connectivity index (χ1n) is 7.62. The average molecular weight is 300 g/mol. The number of hydrogen-bond acceptors (Lipinski definition) is 3. The molecule has 1 aliphatic rings. The molecule has 6 heteroatoms. The standard InChI is InChI=1S/C16H20N4O2/c1-10-5-2-3-6-11(10)12-9-13(12)15(21)17-8-4-7-14-18-16(22)20-19-14/h2-3,5-6,12-13H,4,7-9H2,1H3,(H,17,21)(H2,18,19,20,22)/t12-,13-/m1/s1. The summed E-state index contributed by atoms with van der Waals surface area (Å²) in [6.07, 6.45) is 2.34. The van der Waals surface area contributed by atoms with Gasteiger partial charge in [0.05, 0.1) is 0 Å². The molecule has 1 aromatic heterocycles. The molecule has 1 aliphatic carbocycles. The molecule has 1 amide bonds. The Bertz CT molecular complexity index is 719. The molecule has 1 heterocycles. The molecule has 0 radical (unpaired) electrons. The van der Waals surface area contributed by atoms with E-state index in [1.165, 1.54) is 11.1 Å². The average Bonchev–Trinajstić information content (AvgIpc) is 3.19. The van der Waals surface area contributed by atoms with Gasteiger partial charge in [-0.25, -0.2) is 9.89 Å². The summed E-state index contributed by atoms with van der Waals surface area (Å²) in [5.74, 6) is 1.22. The largest absolute Gasteiger partial charge is 0.356 e. The van der Waals surface area contributed by atoms with Crippen molar-refractivity contribution in [2.24, 2.45) is 5.92 Å². The normalized spacial score (nSPS) is 19.9. The first kappa shape index (κ1) is 14.6. The van der Waals surface area contributed by atoms with Crippen LogP contribution in [0.1, 0.15) is 35.7 Å². The lowest BCUT2D eigenvalue weighted by atomic mass is 10.0. The van der Waals surface area contributed by atoms with Gasteiger partial charge in [0.25, 0.3) is 0 Å². The summed E-state index contributed by atoms with van der Waals surface area (Å²) in [5.41, 5.74) is 2.25. The Hall–Kier alpha value is -2.37. The smallest absolute Gasteiger partial charge is 0.340 e. The van der Waals surface area contributed by atoms with Crippen molar-refractivity contribution in [3.8, 4) is 0 Å². The minimum absolute atomic E-state index is 0.103. The number of benzene rings is 1. The van der Waals surface area contributed by atoms with E-state index in [-0.39, 0.29) is 17.5 Å². The number of amides is 1. The van der Waals surface area contributed by atoms with Gasteiger partial charge in [-0.05, 0) is 36.8 Å². The summed E-state index contributed by atoms with van der Waals surface area (Å²) in [6, 6.07) is 8.25. The van der Waals surface area contributed by atoms with Gasteiger partial charge in [0.15, 0.2) is 0 Å². The molecule has 2 aromatic rings. The molecule has 3 N–H and O–H groups in total. The van der Waals surface area contributed by atoms with E-state index >= 15 is 0 Å². The maximum atomic E-state index is 12.1. The van der Waals surface area contributed by atoms with Gasteiger partial charge in [-0.2, -0.15) is 5.10 Å². The zero-order valence-corrected chi connectivity index (χ0v) is 12.6. The highest BCUT2D eigenvalue weighted by Gasteiger charge is 2.44. The third kappa shape index (κ3) is 3.27. The number of nitrogens with zero attached hydrogens (tertiary/aromatic N) is 1. The van der Waals surface area contributed by atoms with Crippen LogP contribution >= 0.6 is 0 Å². The summed E-state index contributed by atoms with van der Waals surface area (Å²) in [4.78, 5) is 25.6. The highest BCUT2D eigenvalue weighted by molar-refractivity contribution is 5.83. The van der Waals surface area contributed by atoms with E-state index in [4.69, 9.17) is 0 Å². The SMILES string of the molecule is Cc1ccccc1[C@H]1C[C@H]1C(=O)NCCCc1n[nH]c(=O)[nH]1. The van der Waals surface area contributed by atoms with Crippen molar-refractivity contribution in [3.05, 3.63) is 51.7 Å². The van der Waals surface area contributed by atoms with Crippen LogP contribution in [0.15, 0.2) is 29.1 Å². The second-order valence-electron chi connectivity index (χ2n) is 5.82. The van der Waals surface area contributed by atoms with Gasteiger partial charge >= 0.3 is 5.69 Å². The number of aromatic amines is 2. The van der Waals surface area contributed by atoms with E-state index in [1.54, 1.807) is 0 Å². The van der Waals surface area contributed by atoms with Crippen LogP contribution in [0.4, 0.5) is 0 Å². The first-order chi connectivity index (χ1) is 10.6. The van der Waals surface area contributed by atoms with Crippen LogP contribution in [-0.4, -0.2) is 27.6 Å². The van der Waals surface area contributed by atoms with Crippen molar-refractivity contribution in [3.63, 3.8) is 0 Å². The fourth-order valence-electron chi connectivity index (χ4n) is 2.85. The van der Waals surface area contributed by atoms with Crippen LogP contribution in [0.3, 0.4) is 0 Å². The molecule has 6 nitrogen and oxygen atoms in total. The van der Waals surface area contributed by atoms with Crippen molar-refractivity contribution in [1.29, 1.82) is 0 Å². The van der Waals surface area contributed by atoms with Gasteiger partial charge in [0.1, 0.15) is 5.82 Å². The highest BCUT2D eigenvalue weighted by Crippen LogP contribution is 2.48. The highest BCUT2D eigenvalue weighted by atomic mass is 16.2. The molecule has 0 saturated heterocycles. The Kier molecular flexibility index (Phi) is 4.09. The van der Waals surface area contributed by atoms with Crippen molar-refractivity contribution in [1.82, 2.24) is 20.5 Å². The quantitative estimate of drug-likeness (QED) is 0.701. The lowest BCUT2D eigenvalue weighted by Crippen LogP contribution is -2.26. The Balaban J connectivity index is 1.42. The van der Waals surface area contributed by atoms with Crippen molar-refractivity contribution in [2.45, 2.75) is 32.1 Å². The molecule has 3 rings (SSSR count). The number of carbonyl (C=O) groups is 1. The number of carbonyl (C=O) groups excluding carboxylic acids is 1. The monoisotopic (exact) mass is 300 g/mol. The second kappa shape index (κ2) is 6.17. The molecule has 0 aliphatic heterocycles. The Labute approximate surface area is 128 Å². The van der Waals surface area contributed by atoms with Crippen LogP contribution in [0.25, 0.3) is 0 Å². The molecule has 0 spiro atoms. The van der Waals surface area contributed by atoms with E-state index in [1.807, 2.05) is 12.1 Å². The van der Waals surface area contributed by atoms with E-state index in [0.717, 1.165) is 12.8 Å². The van der Waals surface area contributed by atoms with Crippen molar-refractivity contribution >= 4 is 5.91 Å². The molecular formula is C16H20N4O2. The van der Waals surface area contributed by atoms with Gasteiger partial charge in [-0.15, -0.1) is 0 Å². The molecule has 116 valence electrons. The van der Waals surface area contributed by atoms with Crippen LogP contribution in [-0.2, 0) is 11.2 Å². The second-order valence-corrected chi connectivity index (χ2v) is 5.82. The summed E-state index contributed by atoms with van der Waals surface area (Å²) in [6.45, 7) is 2.69. The molecule has 1 saturated carbocycles. The molecule has 0 unspecified atom stereocenters. The maximum Gasteiger partial charge on any atom is 0.340 e.